The highest BCUT2D eigenvalue weighted by Crippen LogP contribution is 2.14. The van der Waals surface area contributed by atoms with Gasteiger partial charge in [0.1, 0.15) is 0 Å². The molecule has 1 aliphatic carbocycles. The zero-order valence-corrected chi connectivity index (χ0v) is 6.60. The van der Waals surface area contributed by atoms with Crippen molar-refractivity contribution in [3.05, 3.63) is 0 Å². The van der Waals surface area contributed by atoms with E-state index < -0.39 is 0 Å². The van der Waals surface area contributed by atoms with Crippen LogP contribution in [0.2, 0.25) is 0 Å². The van der Waals surface area contributed by atoms with Crippen molar-refractivity contribution < 1.29 is 0 Å². The standard InChI is InChI=1S/C5H12N2.C3H6/c6-5-1-3-7-4-2-5;1-2-3-1/h5,7H,1-4,6H2;1-3H2. The maximum absolute atomic E-state index is 5.59. The first kappa shape index (κ1) is 8.02. The van der Waals surface area contributed by atoms with Gasteiger partial charge < -0.3 is 11.1 Å². The van der Waals surface area contributed by atoms with Crippen LogP contribution < -0.4 is 11.1 Å². The van der Waals surface area contributed by atoms with Gasteiger partial charge in [0.2, 0.25) is 0 Å². The minimum atomic E-state index is 0.473. The van der Waals surface area contributed by atoms with Crippen LogP contribution in [0.4, 0.5) is 0 Å². The Morgan fingerprint density at radius 3 is 1.70 bits per heavy atom. The third kappa shape index (κ3) is 4.77. The minimum absolute atomic E-state index is 0.473. The molecule has 2 aliphatic rings. The molecule has 2 heteroatoms. The molecule has 0 unspecified atom stereocenters. The molecule has 0 radical (unpaired) electrons. The molecule has 0 aromatic rings. The zero-order valence-electron chi connectivity index (χ0n) is 6.60. The highest BCUT2D eigenvalue weighted by molar-refractivity contribution is 4.69. The Labute approximate surface area is 63.2 Å². The maximum atomic E-state index is 5.59. The van der Waals surface area contributed by atoms with Gasteiger partial charge in [-0.25, -0.2) is 0 Å². The van der Waals surface area contributed by atoms with E-state index in [4.69, 9.17) is 5.73 Å². The van der Waals surface area contributed by atoms with E-state index in [1.54, 1.807) is 0 Å². The Kier molecular flexibility index (Phi) is 3.76. The van der Waals surface area contributed by atoms with Crippen LogP contribution in [0.15, 0.2) is 0 Å². The normalized spacial score (nSPS) is 24.9. The fourth-order valence-corrected chi connectivity index (χ4v) is 0.844. The summed E-state index contributed by atoms with van der Waals surface area (Å²) in [7, 11) is 0. The minimum Gasteiger partial charge on any atom is -0.328 e. The van der Waals surface area contributed by atoms with Crippen LogP contribution in [0.1, 0.15) is 32.1 Å². The van der Waals surface area contributed by atoms with Gasteiger partial charge in [-0.1, -0.05) is 19.3 Å². The molecule has 1 saturated heterocycles. The number of piperidine rings is 1. The highest BCUT2D eigenvalue weighted by atomic mass is 14.9. The number of hydrogen-bond donors (Lipinski definition) is 2. The predicted octanol–water partition coefficient (Wildman–Crippen LogP) is 0.867. The summed E-state index contributed by atoms with van der Waals surface area (Å²) >= 11 is 0. The second kappa shape index (κ2) is 4.69. The predicted molar refractivity (Wildman–Crippen MR) is 43.9 cm³/mol. The van der Waals surface area contributed by atoms with Gasteiger partial charge in [-0.15, -0.1) is 0 Å². The molecule has 1 saturated carbocycles. The first-order chi connectivity index (χ1) is 4.89. The zero-order chi connectivity index (χ0) is 7.23. The first-order valence-electron chi connectivity index (χ1n) is 4.36. The van der Waals surface area contributed by atoms with Crippen molar-refractivity contribution in [3.8, 4) is 0 Å². The first-order valence-corrected chi connectivity index (χ1v) is 4.36. The molecule has 2 nitrogen and oxygen atoms in total. The Bertz CT molecular complexity index is 72.6. The second-order valence-corrected chi connectivity index (χ2v) is 3.15. The van der Waals surface area contributed by atoms with Crippen LogP contribution >= 0.6 is 0 Å². The fourth-order valence-electron chi connectivity index (χ4n) is 0.844. The number of hydrogen-bond acceptors (Lipinski definition) is 2. The van der Waals surface area contributed by atoms with E-state index >= 15 is 0 Å². The van der Waals surface area contributed by atoms with Crippen molar-refractivity contribution >= 4 is 0 Å². The number of nitrogens with one attached hydrogen (secondary N) is 1. The van der Waals surface area contributed by atoms with Gasteiger partial charge >= 0.3 is 0 Å². The fraction of sp³-hybridized carbons (Fsp3) is 1.00. The smallest absolute Gasteiger partial charge is 0.00629 e. The van der Waals surface area contributed by atoms with Crippen LogP contribution in [0, 0.1) is 0 Å². The van der Waals surface area contributed by atoms with E-state index in [-0.39, 0.29) is 0 Å². The van der Waals surface area contributed by atoms with Gasteiger partial charge in [0.05, 0.1) is 0 Å². The second-order valence-electron chi connectivity index (χ2n) is 3.15. The molecule has 0 aromatic carbocycles. The molecule has 2 fully saturated rings. The molecular weight excluding hydrogens is 124 g/mol. The third-order valence-corrected chi connectivity index (χ3v) is 1.74. The molecule has 10 heavy (non-hydrogen) atoms. The molecular formula is C8H18N2. The van der Waals surface area contributed by atoms with Crippen molar-refractivity contribution in [3.63, 3.8) is 0 Å². The van der Waals surface area contributed by atoms with Crippen LogP contribution in [-0.2, 0) is 0 Å². The lowest BCUT2D eigenvalue weighted by Crippen LogP contribution is -2.35. The van der Waals surface area contributed by atoms with Gasteiger partial charge in [-0.2, -0.15) is 0 Å². The Balaban J connectivity index is 0.000000138. The summed E-state index contributed by atoms with van der Waals surface area (Å²) in [5.74, 6) is 0. The topological polar surface area (TPSA) is 38.0 Å². The summed E-state index contributed by atoms with van der Waals surface area (Å²) in [5, 5.41) is 3.24. The molecule has 0 bridgehead atoms. The summed E-state index contributed by atoms with van der Waals surface area (Å²) in [6, 6.07) is 0.473. The van der Waals surface area contributed by atoms with E-state index in [0.717, 1.165) is 25.9 Å². The van der Waals surface area contributed by atoms with Gasteiger partial charge in [0, 0.05) is 6.04 Å². The lowest BCUT2D eigenvalue weighted by Gasteiger charge is -2.17. The molecule has 2 rings (SSSR count). The third-order valence-electron chi connectivity index (χ3n) is 1.74. The molecule has 0 atom stereocenters. The van der Waals surface area contributed by atoms with Gasteiger partial charge in [0.15, 0.2) is 0 Å². The molecule has 0 aromatic heterocycles. The van der Waals surface area contributed by atoms with E-state index in [9.17, 15) is 0 Å². The van der Waals surface area contributed by atoms with E-state index in [2.05, 4.69) is 5.32 Å². The quantitative estimate of drug-likeness (QED) is 0.526. The van der Waals surface area contributed by atoms with Gasteiger partial charge in [0.25, 0.3) is 0 Å². The van der Waals surface area contributed by atoms with Crippen molar-refractivity contribution in [2.45, 2.75) is 38.1 Å². The molecule has 3 N–H and O–H groups in total. The molecule has 0 spiro atoms. The maximum Gasteiger partial charge on any atom is 0.00629 e. The van der Waals surface area contributed by atoms with E-state index in [1.807, 2.05) is 0 Å². The molecule has 1 aliphatic heterocycles. The van der Waals surface area contributed by atoms with Crippen molar-refractivity contribution in [1.82, 2.24) is 5.32 Å². The lowest BCUT2D eigenvalue weighted by atomic mass is 10.1. The number of nitrogens with two attached hydrogens (primary N) is 1. The van der Waals surface area contributed by atoms with E-state index in [0.29, 0.717) is 6.04 Å². The van der Waals surface area contributed by atoms with Crippen LogP contribution in [0.5, 0.6) is 0 Å². The van der Waals surface area contributed by atoms with Crippen molar-refractivity contribution in [2.75, 3.05) is 13.1 Å². The summed E-state index contributed by atoms with van der Waals surface area (Å²) in [4.78, 5) is 0. The highest BCUT2D eigenvalue weighted by Gasteiger charge is 2.05. The average Bonchev–Trinajstić information content (AvgIpc) is 2.73. The summed E-state index contributed by atoms with van der Waals surface area (Å²) < 4.78 is 0. The molecule has 60 valence electrons. The Morgan fingerprint density at radius 2 is 1.50 bits per heavy atom. The number of rotatable bonds is 0. The molecule has 0 amide bonds. The van der Waals surface area contributed by atoms with Gasteiger partial charge in [-0.3, -0.25) is 0 Å². The summed E-state index contributed by atoms with van der Waals surface area (Å²) in [6.07, 6.45) is 6.81. The summed E-state index contributed by atoms with van der Waals surface area (Å²) in [6.45, 7) is 2.22. The van der Waals surface area contributed by atoms with Crippen LogP contribution in [-0.4, -0.2) is 19.1 Å². The van der Waals surface area contributed by atoms with Crippen LogP contribution in [0.25, 0.3) is 0 Å². The van der Waals surface area contributed by atoms with E-state index in [1.165, 1.54) is 19.3 Å². The van der Waals surface area contributed by atoms with Crippen molar-refractivity contribution in [1.29, 1.82) is 0 Å². The average molecular weight is 142 g/mol. The van der Waals surface area contributed by atoms with Crippen LogP contribution in [0.3, 0.4) is 0 Å². The van der Waals surface area contributed by atoms with Gasteiger partial charge in [-0.05, 0) is 25.9 Å². The SMILES string of the molecule is C1CC1.NC1CCNCC1. The Morgan fingerprint density at radius 1 is 1.00 bits per heavy atom. The Hall–Kier alpha value is -0.0800. The molecule has 1 heterocycles. The van der Waals surface area contributed by atoms with Crippen molar-refractivity contribution in [2.24, 2.45) is 5.73 Å². The largest absolute Gasteiger partial charge is 0.328 e. The summed E-state index contributed by atoms with van der Waals surface area (Å²) in [5.41, 5.74) is 5.59. The lowest BCUT2D eigenvalue weighted by molar-refractivity contribution is 0.458. The monoisotopic (exact) mass is 142 g/mol.